The molecule has 1 aromatic rings. The van der Waals surface area contributed by atoms with E-state index < -0.39 is 27.7 Å². The number of nitrogens with zero attached hydrogens (tertiary/aromatic N) is 1. The first-order valence-electron chi connectivity index (χ1n) is 11.4. The minimum absolute atomic E-state index is 0.113. The molecule has 2 saturated carbocycles. The van der Waals surface area contributed by atoms with E-state index in [4.69, 9.17) is 4.74 Å². The number of sulfonamides is 1. The van der Waals surface area contributed by atoms with Gasteiger partial charge in [0.05, 0.1) is 25.0 Å². The van der Waals surface area contributed by atoms with Gasteiger partial charge >= 0.3 is 0 Å². The summed E-state index contributed by atoms with van der Waals surface area (Å²) in [6, 6.07) is 9.77. The summed E-state index contributed by atoms with van der Waals surface area (Å²) < 4.78 is 32.8. The molecule has 31 heavy (non-hydrogen) atoms. The number of rotatable bonds is 7. The van der Waals surface area contributed by atoms with E-state index in [1.165, 1.54) is 5.56 Å². The molecule has 4 rings (SSSR count). The maximum Gasteiger partial charge on any atom is 0.254 e. The smallest absolute Gasteiger partial charge is 0.254 e. The van der Waals surface area contributed by atoms with Crippen molar-refractivity contribution < 1.29 is 23.1 Å². The predicted octanol–water partition coefficient (Wildman–Crippen LogP) is 2.16. The molecule has 0 bridgehead atoms. The van der Waals surface area contributed by atoms with Crippen molar-refractivity contribution in [2.24, 2.45) is 0 Å². The highest BCUT2D eigenvalue weighted by Gasteiger charge is 2.52. The van der Waals surface area contributed by atoms with E-state index in [-0.39, 0.29) is 18.6 Å². The first kappa shape index (κ1) is 22.7. The third-order valence-corrected chi connectivity index (χ3v) is 7.71. The van der Waals surface area contributed by atoms with Gasteiger partial charge in [0.1, 0.15) is 5.60 Å². The van der Waals surface area contributed by atoms with Crippen LogP contribution in [0.2, 0.25) is 0 Å². The summed E-state index contributed by atoms with van der Waals surface area (Å²) in [7, 11) is -3.41. The van der Waals surface area contributed by atoms with Crippen molar-refractivity contribution in [2.45, 2.75) is 81.1 Å². The Bertz CT molecular complexity index is 863. The summed E-state index contributed by atoms with van der Waals surface area (Å²) >= 11 is 0. The second-order valence-electron chi connectivity index (χ2n) is 9.45. The van der Waals surface area contributed by atoms with Crippen LogP contribution in [0.5, 0.6) is 0 Å². The van der Waals surface area contributed by atoms with Crippen molar-refractivity contribution in [1.29, 1.82) is 0 Å². The first-order valence-corrected chi connectivity index (χ1v) is 13.3. The quantitative estimate of drug-likeness (QED) is 0.664. The number of hydrogen-bond acceptors (Lipinski definition) is 5. The zero-order valence-electron chi connectivity index (χ0n) is 18.2. The summed E-state index contributed by atoms with van der Waals surface area (Å²) in [6.45, 7) is 0.813. The molecule has 2 aliphatic carbocycles. The average molecular weight is 451 g/mol. The number of benzene rings is 1. The van der Waals surface area contributed by atoms with Gasteiger partial charge in [-0.25, -0.2) is 13.1 Å². The Morgan fingerprint density at radius 2 is 1.84 bits per heavy atom. The average Bonchev–Trinajstić information content (AvgIpc) is 3.51. The normalized spacial score (nSPS) is 30.7. The fourth-order valence-electron chi connectivity index (χ4n) is 5.05. The number of hydrogen-bond donors (Lipinski definition) is 2. The molecule has 1 heterocycles. The fraction of sp³-hybridized carbons (Fsp3) is 0.696. The predicted molar refractivity (Wildman–Crippen MR) is 118 cm³/mol. The van der Waals surface area contributed by atoms with Gasteiger partial charge < -0.3 is 14.7 Å². The lowest BCUT2D eigenvalue weighted by atomic mass is 9.83. The Balaban J connectivity index is 1.38. The highest BCUT2D eigenvalue weighted by molar-refractivity contribution is 7.88. The Hall–Kier alpha value is -1.48. The summed E-state index contributed by atoms with van der Waals surface area (Å²) in [5.74, 6) is 0.270. The molecule has 172 valence electrons. The third-order valence-electron chi connectivity index (χ3n) is 6.97. The van der Waals surface area contributed by atoms with E-state index in [1.807, 2.05) is 6.07 Å². The largest absolute Gasteiger partial charge is 0.380 e. The second-order valence-corrected chi connectivity index (χ2v) is 11.2. The number of amides is 1. The van der Waals surface area contributed by atoms with Gasteiger partial charge in [-0.15, -0.1) is 0 Å². The Kier molecular flexibility index (Phi) is 6.72. The number of carbonyl (C=O) groups is 1. The van der Waals surface area contributed by atoms with Gasteiger partial charge in [-0.2, -0.15) is 0 Å². The summed E-state index contributed by atoms with van der Waals surface area (Å²) in [4.78, 5) is 14.6. The van der Waals surface area contributed by atoms with Gasteiger partial charge in [-0.1, -0.05) is 30.3 Å². The van der Waals surface area contributed by atoms with Gasteiger partial charge in [0.15, 0.2) is 0 Å². The van der Waals surface area contributed by atoms with E-state index >= 15 is 0 Å². The van der Waals surface area contributed by atoms with Crippen molar-refractivity contribution in [3.05, 3.63) is 35.9 Å². The van der Waals surface area contributed by atoms with Crippen LogP contribution in [0.25, 0.3) is 0 Å². The fourth-order valence-corrected chi connectivity index (χ4v) is 5.87. The third kappa shape index (κ3) is 5.66. The van der Waals surface area contributed by atoms with E-state index in [2.05, 4.69) is 29.0 Å². The molecular weight excluding hydrogens is 416 g/mol. The molecule has 2 atom stereocenters. The number of aliphatic hydroxyl groups is 1. The van der Waals surface area contributed by atoms with Gasteiger partial charge in [-0.3, -0.25) is 4.79 Å². The molecule has 1 amide bonds. The van der Waals surface area contributed by atoms with Crippen LogP contribution >= 0.6 is 0 Å². The van der Waals surface area contributed by atoms with Gasteiger partial charge in [0.2, 0.25) is 10.0 Å². The van der Waals surface area contributed by atoms with Crippen LogP contribution in [0.3, 0.4) is 0 Å². The van der Waals surface area contributed by atoms with Crippen LogP contribution in [0, 0.1) is 0 Å². The van der Waals surface area contributed by atoms with Crippen LogP contribution in [-0.4, -0.2) is 67.5 Å². The molecule has 8 heteroatoms. The summed E-state index contributed by atoms with van der Waals surface area (Å²) in [5, 5.41) is 10.4. The van der Waals surface area contributed by atoms with Crippen LogP contribution in [-0.2, 0) is 19.6 Å². The number of ether oxygens (including phenoxy) is 1. The lowest BCUT2D eigenvalue weighted by Crippen LogP contribution is -2.61. The minimum Gasteiger partial charge on any atom is -0.380 e. The highest BCUT2D eigenvalue weighted by atomic mass is 32.2. The number of piperidine rings is 1. The van der Waals surface area contributed by atoms with Crippen molar-refractivity contribution in [3.63, 3.8) is 0 Å². The van der Waals surface area contributed by atoms with Crippen molar-refractivity contribution in [2.75, 3.05) is 19.4 Å². The van der Waals surface area contributed by atoms with Crippen molar-refractivity contribution >= 4 is 15.9 Å². The Labute approximate surface area is 185 Å². The van der Waals surface area contributed by atoms with E-state index in [0.717, 1.165) is 31.9 Å². The molecule has 1 aliphatic heterocycles. The van der Waals surface area contributed by atoms with Crippen molar-refractivity contribution in [3.8, 4) is 0 Å². The lowest BCUT2D eigenvalue weighted by Gasteiger charge is -2.43. The molecule has 1 aromatic carbocycles. The maximum atomic E-state index is 12.9. The molecule has 0 aromatic heterocycles. The lowest BCUT2D eigenvalue weighted by molar-refractivity contribution is -0.149. The molecule has 0 spiro atoms. The number of nitrogens with one attached hydrogen (secondary N) is 1. The SMILES string of the molecule is CS(=O)(=O)N[C@@H]1CCCN(C(=O)C2(O)CC2)[C@@H]1COC1CCC(c2ccccc2)CC1. The molecule has 3 fully saturated rings. The van der Waals surface area contributed by atoms with E-state index in [0.29, 0.717) is 38.1 Å². The van der Waals surface area contributed by atoms with E-state index in [1.54, 1.807) is 4.90 Å². The Morgan fingerprint density at radius 3 is 2.45 bits per heavy atom. The van der Waals surface area contributed by atoms with Crippen molar-refractivity contribution in [1.82, 2.24) is 9.62 Å². The Morgan fingerprint density at radius 1 is 1.16 bits per heavy atom. The second kappa shape index (κ2) is 9.17. The van der Waals surface area contributed by atoms with Crippen LogP contribution in [0.1, 0.15) is 62.8 Å². The zero-order chi connectivity index (χ0) is 22.1. The number of carbonyl (C=O) groups excluding carboxylic acids is 1. The molecule has 2 N–H and O–H groups in total. The van der Waals surface area contributed by atoms with Gasteiger partial charge in [0.25, 0.3) is 5.91 Å². The summed E-state index contributed by atoms with van der Waals surface area (Å²) in [6.07, 6.45) is 7.60. The monoisotopic (exact) mass is 450 g/mol. The van der Waals surface area contributed by atoms with Crippen LogP contribution in [0.4, 0.5) is 0 Å². The highest BCUT2D eigenvalue weighted by Crippen LogP contribution is 2.39. The van der Waals surface area contributed by atoms with Crippen LogP contribution in [0.15, 0.2) is 30.3 Å². The van der Waals surface area contributed by atoms with E-state index in [9.17, 15) is 18.3 Å². The molecule has 0 radical (unpaired) electrons. The molecular formula is C23H34N2O5S. The molecule has 1 saturated heterocycles. The molecule has 0 unspecified atom stereocenters. The maximum absolute atomic E-state index is 12.9. The minimum atomic E-state index is -3.41. The van der Waals surface area contributed by atoms with Gasteiger partial charge in [0, 0.05) is 12.6 Å². The summed E-state index contributed by atoms with van der Waals surface area (Å²) in [5.41, 5.74) is 0.110. The standard InChI is InChI=1S/C23H34N2O5S/c1-31(28,29)24-20-8-5-15-25(22(26)23(27)13-14-23)21(20)16-30-19-11-9-18(10-12-19)17-6-3-2-4-7-17/h2-4,6-7,18-21,24,27H,5,8-16H2,1H3/t18?,19?,20-,21-/m1/s1. The first-order chi connectivity index (χ1) is 14.8. The zero-order valence-corrected chi connectivity index (χ0v) is 19.0. The van der Waals surface area contributed by atoms with Crippen LogP contribution < -0.4 is 4.72 Å². The molecule has 3 aliphatic rings. The molecule has 7 nitrogen and oxygen atoms in total. The van der Waals surface area contributed by atoms with Gasteiger partial charge in [-0.05, 0) is 62.8 Å². The topological polar surface area (TPSA) is 95.9 Å². The number of likely N-dealkylation sites (tertiary alicyclic amines) is 1.